The normalized spacial score (nSPS) is 11.5. The Morgan fingerprint density at radius 3 is 0.745 bits per heavy atom. The van der Waals surface area contributed by atoms with Crippen LogP contribution in [0.2, 0.25) is 0 Å². The lowest BCUT2D eigenvalue weighted by molar-refractivity contribution is 0.108. The van der Waals surface area contributed by atoms with E-state index in [1.807, 2.05) is 0 Å². The number of hydrogen-bond acceptors (Lipinski definition) is 3. The summed E-state index contributed by atoms with van der Waals surface area (Å²) in [6.07, 6.45) is 0. The maximum Gasteiger partial charge on any atom is 0.0742 e. The van der Waals surface area contributed by atoms with Crippen LogP contribution in [0.25, 0.3) is 0 Å². The van der Waals surface area contributed by atoms with E-state index in [0.717, 1.165) is 22.5 Å². The van der Waals surface area contributed by atoms with E-state index in [2.05, 4.69) is 231 Å². The minimum atomic E-state index is -2.45. The van der Waals surface area contributed by atoms with E-state index < -0.39 is 14.1 Å². The first-order chi connectivity index (χ1) is 27.3. The molecule has 55 heavy (non-hydrogen) atoms. The van der Waals surface area contributed by atoms with Gasteiger partial charge >= 0.3 is 0 Å². The maximum absolute atomic E-state index is 6.66. The van der Waals surface area contributed by atoms with E-state index >= 15 is 0 Å². The Labute approximate surface area is 325 Å². The van der Waals surface area contributed by atoms with E-state index in [1.54, 1.807) is 0 Å². The molecule has 0 atom stereocenters. The van der Waals surface area contributed by atoms with E-state index in [-0.39, 0.29) is 0 Å². The van der Waals surface area contributed by atoms with Crippen molar-refractivity contribution in [3.63, 3.8) is 0 Å². The number of benzene rings is 8. The Kier molecular flexibility index (Phi) is 11.2. The predicted molar refractivity (Wildman–Crippen MR) is 236 cm³/mol. The minimum absolute atomic E-state index is 0.405. The van der Waals surface area contributed by atoms with Crippen LogP contribution in [0, 0.1) is 0 Å². The number of nitrogens with zero attached hydrogens (tertiary/aromatic N) is 2. The zero-order valence-electron chi connectivity index (χ0n) is 30.6. The first kappa shape index (κ1) is 36.2. The highest BCUT2D eigenvalue weighted by Gasteiger charge is 2.29. The predicted octanol–water partition coefficient (Wildman–Crippen LogP) is 11.0. The van der Waals surface area contributed by atoms with Crippen LogP contribution in [0.15, 0.2) is 240 Å². The summed E-state index contributed by atoms with van der Waals surface area (Å²) in [7, 11) is -4.91. The van der Waals surface area contributed by atoms with Crippen LogP contribution in [-0.4, -0.2) is 0 Å². The Morgan fingerprint density at radius 2 is 0.491 bits per heavy atom. The highest BCUT2D eigenvalue weighted by molar-refractivity contribution is 7.88. The Morgan fingerprint density at radius 1 is 0.273 bits per heavy atom. The third-order valence-electron chi connectivity index (χ3n) is 9.79. The third-order valence-corrected chi connectivity index (χ3v) is 17.1. The van der Waals surface area contributed by atoms with Gasteiger partial charge in [-0.25, -0.2) is 0 Å². The second-order valence-corrected chi connectivity index (χ2v) is 19.3. The van der Waals surface area contributed by atoms with Crippen molar-refractivity contribution in [3.05, 3.63) is 242 Å². The van der Waals surface area contributed by atoms with E-state index in [0.29, 0.717) is 13.2 Å². The van der Waals surface area contributed by atoms with Crippen molar-refractivity contribution in [1.29, 1.82) is 0 Å². The summed E-state index contributed by atoms with van der Waals surface area (Å²) in [5.41, 5.74) is 3.97. The molecule has 0 radical (unpaired) electrons. The second kappa shape index (κ2) is 17.1. The minimum Gasteiger partial charge on any atom is -0.372 e. The van der Waals surface area contributed by atoms with Gasteiger partial charge in [-0.1, -0.05) is 218 Å². The van der Waals surface area contributed by atoms with Crippen molar-refractivity contribution in [1.82, 2.24) is 0 Å². The SMILES string of the molecule is c1ccc(P(=Nc2ccccc2COCc2ccccc2N=P(c2ccccc2)(c2ccccc2)c2ccccc2)(c2ccccc2)c2ccccc2)cc1. The van der Waals surface area contributed by atoms with Crippen molar-refractivity contribution >= 4 is 57.3 Å². The van der Waals surface area contributed by atoms with Crippen LogP contribution in [0.1, 0.15) is 11.1 Å². The monoisotopic (exact) mass is 748 g/mol. The molecular formula is C50H42N2OP2. The lowest BCUT2D eigenvalue weighted by Crippen LogP contribution is -2.25. The Bertz CT molecular complexity index is 2170. The summed E-state index contributed by atoms with van der Waals surface area (Å²) in [6.45, 7) is 0.811. The Balaban J connectivity index is 1.20. The average Bonchev–Trinajstić information content (AvgIpc) is 3.27. The molecule has 8 rings (SSSR count). The molecule has 0 saturated carbocycles. The molecule has 0 aliphatic carbocycles. The molecule has 5 heteroatoms. The van der Waals surface area contributed by atoms with E-state index in [4.69, 9.17) is 14.2 Å². The molecule has 0 amide bonds. The van der Waals surface area contributed by atoms with Gasteiger partial charge in [0.2, 0.25) is 0 Å². The molecule has 0 saturated heterocycles. The average molecular weight is 749 g/mol. The molecule has 0 N–H and O–H groups in total. The van der Waals surface area contributed by atoms with Crippen LogP contribution in [-0.2, 0) is 18.0 Å². The molecule has 0 aliphatic heterocycles. The Hall–Kier alpha value is -5.82. The summed E-state index contributed by atoms with van der Waals surface area (Å²) >= 11 is 0. The molecule has 0 fully saturated rings. The van der Waals surface area contributed by atoms with Crippen LogP contribution in [0.5, 0.6) is 0 Å². The van der Waals surface area contributed by atoms with Gasteiger partial charge in [-0.05, 0) is 12.1 Å². The van der Waals surface area contributed by atoms with Gasteiger partial charge in [-0.3, -0.25) is 9.49 Å². The fraction of sp³-hybridized carbons (Fsp3) is 0.0400. The van der Waals surface area contributed by atoms with Gasteiger partial charge in [0.25, 0.3) is 0 Å². The molecule has 0 aliphatic rings. The van der Waals surface area contributed by atoms with Gasteiger partial charge in [0, 0.05) is 43.0 Å². The van der Waals surface area contributed by atoms with Crippen LogP contribution < -0.4 is 31.8 Å². The van der Waals surface area contributed by atoms with Crippen LogP contribution in [0.3, 0.4) is 0 Å². The third kappa shape index (κ3) is 7.61. The van der Waals surface area contributed by atoms with Crippen molar-refractivity contribution < 1.29 is 4.74 Å². The number of hydrogen-bond donors (Lipinski definition) is 0. The lowest BCUT2D eigenvalue weighted by Gasteiger charge is -2.27. The first-order valence-corrected chi connectivity index (χ1v) is 22.1. The van der Waals surface area contributed by atoms with E-state index in [1.165, 1.54) is 31.8 Å². The fourth-order valence-corrected chi connectivity index (χ4v) is 14.3. The van der Waals surface area contributed by atoms with Crippen molar-refractivity contribution in [3.8, 4) is 0 Å². The standard InChI is InChI=1S/C50H42N2OP2/c1-7-25-43(26-8-1)54(44-27-9-2-10-28-44,45-29-11-3-12-30-45)51-49-37-21-19-23-41(49)39-53-40-42-24-20-22-38-50(42)52-55(46-31-13-4-14-32-46,47-33-15-5-16-34-47)48-35-17-6-18-36-48/h1-38H,39-40H2. The molecule has 3 nitrogen and oxygen atoms in total. The summed E-state index contributed by atoms with van der Waals surface area (Å²) in [5, 5.41) is 7.25. The summed E-state index contributed by atoms with van der Waals surface area (Å²) in [4.78, 5) is 0. The quantitative estimate of drug-likeness (QED) is 0.115. The first-order valence-electron chi connectivity index (χ1n) is 18.6. The molecular weight excluding hydrogens is 707 g/mol. The molecule has 0 heterocycles. The van der Waals surface area contributed by atoms with Gasteiger partial charge in [-0.2, -0.15) is 0 Å². The fourth-order valence-electron chi connectivity index (χ4n) is 7.16. The molecule has 8 aromatic rings. The zero-order valence-corrected chi connectivity index (χ0v) is 32.3. The molecule has 8 aromatic carbocycles. The summed E-state index contributed by atoms with van der Waals surface area (Å²) in [5.74, 6) is 0. The zero-order chi connectivity index (χ0) is 37.2. The van der Waals surface area contributed by atoms with Gasteiger partial charge in [-0.15, -0.1) is 0 Å². The van der Waals surface area contributed by atoms with Gasteiger partial charge in [0.1, 0.15) is 0 Å². The molecule has 0 unspecified atom stereocenters. The molecule has 0 aromatic heterocycles. The van der Waals surface area contributed by atoms with Gasteiger partial charge in [0.15, 0.2) is 0 Å². The lowest BCUT2D eigenvalue weighted by atomic mass is 10.2. The van der Waals surface area contributed by atoms with Gasteiger partial charge < -0.3 is 4.74 Å². The smallest absolute Gasteiger partial charge is 0.0742 e. The van der Waals surface area contributed by atoms with Crippen LogP contribution >= 0.6 is 14.1 Å². The molecule has 268 valence electrons. The number of rotatable bonds is 12. The molecule has 0 bridgehead atoms. The summed E-state index contributed by atoms with van der Waals surface area (Å²) < 4.78 is 18.3. The van der Waals surface area contributed by atoms with Gasteiger partial charge in [0.05, 0.1) is 38.7 Å². The maximum atomic E-state index is 6.66. The van der Waals surface area contributed by atoms with Crippen molar-refractivity contribution in [2.45, 2.75) is 13.2 Å². The summed E-state index contributed by atoms with van der Waals surface area (Å²) in [6, 6.07) is 81.4. The highest BCUT2D eigenvalue weighted by Crippen LogP contribution is 2.51. The van der Waals surface area contributed by atoms with Crippen LogP contribution in [0.4, 0.5) is 11.4 Å². The topological polar surface area (TPSA) is 34.0 Å². The van der Waals surface area contributed by atoms with Crippen molar-refractivity contribution in [2.24, 2.45) is 9.49 Å². The highest BCUT2D eigenvalue weighted by atomic mass is 31.2. The largest absolute Gasteiger partial charge is 0.372 e. The van der Waals surface area contributed by atoms with Crippen molar-refractivity contribution in [2.75, 3.05) is 0 Å². The van der Waals surface area contributed by atoms with E-state index in [9.17, 15) is 0 Å². The second-order valence-electron chi connectivity index (χ2n) is 13.2. The molecule has 0 spiro atoms. The number of ether oxygens (including phenoxy) is 1.